The van der Waals surface area contributed by atoms with E-state index in [4.69, 9.17) is 9.57 Å². The molecule has 0 radical (unpaired) electrons. The Bertz CT molecular complexity index is 1520. The molecule has 0 spiro atoms. The summed E-state index contributed by atoms with van der Waals surface area (Å²) in [4.78, 5) is 32.4. The maximum absolute atomic E-state index is 14.0. The number of para-hydroxylation sites is 1. The molecule has 6 rings (SSSR count). The molecule has 1 aliphatic heterocycles. The van der Waals surface area contributed by atoms with Crippen molar-refractivity contribution in [3.8, 4) is 16.9 Å². The molecule has 1 saturated heterocycles. The van der Waals surface area contributed by atoms with Crippen molar-refractivity contribution in [3.63, 3.8) is 0 Å². The third kappa shape index (κ3) is 6.03. The largest absolute Gasteiger partial charge is 0.496 e. The standard InChI is InChI=1S/C34H42F3N3O6/c1-17-25-13-22(33(25,3)4)14-26(17)39-32(44)29-28(18(2)42)27(16-41)46-40(29)15-19-8-7-9-24(30(19)45-6)20-10-21(31(43)38-5)12-23(11-20)34(35,36)37/h7-12,14,17-18,25-29,41-42H,13,15-16H2,1-6H3,(H,38,43)(H,39,44)/t17-,18-,25-,26-,27-,28-,29-/m0/s1. The first-order valence-electron chi connectivity index (χ1n) is 15.5. The van der Waals surface area contributed by atoms with Gasteiger partial charge in [-0.05, 0) is 54.4 Å². The number of rotatable bonds is 9. The predicted octanol–water partition coefficient (Wildman–Crippen LogP) is 4.32. The predicted molar refractivity (Wildman–Crippen MR) is 164 cm³/mol. The van der Waals surface area contributed by atoms with Gasteiger partial charge in [0.15, 0.2) is 0 Å². The van der Waals surface area contributed by atoms with Gasteiger partial charge >= 0.3 is 6.18 Å². The van der Waals surface area contributed by atoms with Crippen LogP contribution in [0.1, 0.15) is 55.6 Å². The van der Waals surface area contributed by atoms with Crippen molar-refractivity contribution < 1.29 is 42.5 Å². The Morgan fingerprint density at radius 1 is 1.22 bits per heavy atom. The Labute approximate surface area is 266 Å². The molecule has 0 aromatic heterocycles. The third-order valence-electron chi connectivity index (χ3n) is 10.2. The number of halogens is 3. The van der Waals surface area contributed by atoms with Crippen LogP contribution in [0.5, 0.6) is 5.75 Å². The third-order valence-corrected chi connectivity index (χ3v) is 10.2. The average molecular weight is 646 g/mol. The highest BCUT2D eigenvalue weighted by molar-refractivity contribution is 5.96. The maximum atomic E-state index is 14.0. The topological polar surface area (TPSA) is 120 Å². The second-order valence-electron chi connectivity index (χ2n) is 13.2. The number of nitrogens with one attached hydrogen (secondary N) is 2. The van der Waals surface area contributed by atoms with E-state index in [1.807, 2.05) is 0 Å². The summed E-state index contributed by atoms with van der Waals surface area (Å²) in [5.41, 5.74) is 1.13. The second-order valence-corrected chi connectivity index (χ2v) is 13.2. The minimum absolute atomic E-state index is 0.0486. The van der Waals surface area contributed by atoms with Gasteiger partial charge in [-0.25, -0.2) is 0 Å². The Morgan fingerprint density at radius 3 is 2.50 bits per heavy atom. The summed E-state index contributed by atoms with van der Waals surface area (Å²) in [7, 11) is 2.71. The van der Waals surface area contributed by atoms with Gasteiger partial charge in [-0.15, -0.1) is 0 Å². The van der Waals surface area contributed by atoms with Crippen LogP contribution < -0.4 is 15.4 Å². The van der Waals surface area contributed by atoms with Crippen molar-refractivity contribution in [2.45, 2.75) is 71.1 Å². The zero-order valence-corrected chi connectivity index (χ0v) is 26.8. The number of aliphatic hydroxyl groups is 2. The molecule has 2 bridgehead atoms. The van der Waals surface area contributed by atoms with E-state index in [9.17, 15) is 33.0 Å². The molecule has 250 valence electrons. The van der Waals surface area contributed by atoms with E-state index in [2.05, 4.69) is 37.5 Å². The monoisotopic (exact) mass is 645 g/mol. The van der Waals surface area contributed by atoms with Crippen LogP contribution in [0.4, 0.5) is 13.2 Å². The quantitative estimate of drug-likeness (QED) is 0.300. The van der Waals surface area contributed by atoms with E-state index in [0.29, 0.717) is 17.0 Å². The van der Waals surface area contributed by atoms with Gasteiger partial charge in [-0.3, -0.25) is 14.4 Å². The summed E-state index contributed by atoms with van der Waals surface area (Å²) in [6.45, 7) is 7.59. The van der Waals surface area contributed by atoms with E-state index in [-0.39, 0.29) is 46.7 Å². The molecule has 46 heavy (non-hydrogen) atoms. The van der Waals surface area contributed by atoms with Gasteiger partial charge in [0.25, 0.3) is 5.91 Å². The summed E-state index contributed by atoms with van der Waals surface area (Å²) >= 11 is 0. The van der Waals surface area contributed by atoms with Crippen LogP contribution in [0.15, 0.2) is 48.0 Å². The number of hydrogen-bond donors (Lipinski definition) is 4. The van der Waals surface area contributed by atoms with E-state index in [1.165, 1.54) is 30.9 Å². The molecular weight excluding hydrogens is 603 g/mol. The Kier molecular flexibility index (Phi) is 9.31. The first-order chi connectivity index (χ1) is 21.6. The number of benzene rings is 2. The Hall–Kier alpha value is -3.45. The molecule has 2 aromatic carbocycles. The lowest BCUT2D eigenvalue weighted by Gasteiger charge is -2.56. The fraction of sp³-hybridized carbons (Fsp3) is 0.529. The molecule has 2 amide bonds. The summed E-state index contributed by atoms with van der Waals surface area (Å²) < 4.78 is 47.2. The summed E-state index contributed by atoms with van der Waals surface area (Å²) in [5.74, 6) is -0.965. The number of hydrogen-bond acceptors (Lipinski definition) is 7. The van der Waals surface area contributed by atoms with Gasteiger partial charge in [0.2, 0.25) is 5.91 Å². The lowest BCUT2D eigenvalue weighted by molar-refractivity contribution is -0.182. The number of aliphatic hydroxyl groups excluding tert-OH is 2. The first-order valence-corrected chi connectivity index (χ1v) is 15.5. The van der Waals surface area contributed by atoms with Crippen LogP contribution >= 0.6 is 0 Å². The van der Waals surface area contributed by atoms with E-state index < -0.39 is 48.4 Å². The normalized spacial score (nSPS) is 27.8. The number of methoxy groups -OCH3 is 1. The van der Waals surface area contributed by atoms with Gasteiger partial charge in [0.05, 0.1) is 38.0 Å². The molecule has 7 atom stereocenters. The van der Waals surface area contributed by atoms with Crippen molar-refractivity contribution >= 4 is 11.8 Å². The van der Waals surface area contributed by atoms with E-state index in [1.54, 1.807) is 25.1 Å². The molecule has 12 heteroatoms. The Balaban J connectivity index is 1.50. The molecular formula is C34H42F3N3O6. The number of hydroxylamine groups is 2. The number of carbonyl (C=O) groups is 2. The number of amides is 2. The number of nitrogens with zero attached hydrogens (tertiary/aromatic N) is 1. The number of allylic oxidation sites excluding steroid dienone is 1. The number of alkyl halides is 3. The SMILES string of the molecule is CNC(=O)c1cc(-c2cccc(CN3O[C@@H](CO)[C@H]([C@H](C)O)[C@H]3C(=O)N[C@H]3C=C4C[C@@H]([C@@H]3C)C4(C)C)c2OC)cc(C(F)(F)F)c1. The maximum Gasteiger partial charge on any atom is 0.416 e. The molecule has 1 heterocycles. The van der Waals surface area contributed by atoms with Crippen molar-refractivity contribution in [3.05, 3.63) is 64.7 Å². The summed E-state index contributed by atoms with van der Waals surface area (Å²) in [6.07, 6.45) is -3.45. The van der Waals surface area contributed by atoms with Gasteiger partial charge in [-0.2, -0.15) is 18.2 Å². The van der Waals surface area contributed by atoms with Gasteiger partial charge in [0.1, 0.15) is 17.9 Å². The Morgan fingerprint density at radius 2 is 1.93 bits per heavy atom. The van der Waals surface area contributed by atoms with Crippen molar-refractivity contribution in [2.24, 2.45) is 23.2 Å². The van der Waals surface area contributed by atoms with Crippen molar-refractivity contribution in [1.82, 2.24) is 15.7 Å². The highest BCUT2D eigenvalue weighted by Gasteiger charge is 2.53. The number of ether oxygens (including phenoxy) is 1. The lowest BCUT2D eigenvalue weighted by Crippen LogP contribution is -2.57. The fourth-order valence-electron chi connectivity index (χ4n) is 7.47. The second kappa shape index (κ2) is 12.6. The van der Waals surface area contributed by atoms with Crippen molar-refractivity contribution in [1.29, 1.82) is 0 Å². The van der Waals surface area contributed by atoms with Gasteiger partial charge in [0, 0.05) is 29.7 Å². The van der Waals surface area contributed by atoms with Crippen LogP contribution in [-0.2, 0) is 22.4 Å². The summed E-state index contributed by atoms with van der Waals surface area (Å²) in [6, 6.07) is 6.82. The molecule has 3 aliphatic carbocycles. The van der Waals surface area contributed by atoms with Crippen LogP contribution in [0.3, 0.4) is 0 Å². The van der Waals surface area contributed by atoms with Gasteiger partial charge in [-0.1, -0.05) is 50.6 Å². The highest BCUT2D eigenvalue weighted by atomic mass is 19.4. The van der Waals surface area contributed by atoms with Crippen LogP contribution in [0.25, 0.3) is 11.1 Å². The zero-order valence-electron chi connectivity index (χ0n) is 26.8. The molecule has 9 nitrogen and oxygen atoms in total. The molecule has 4 aliphatic rings. The molecule has 2 aromatic rings. The number of fused-ring (bicyclic) bond motifs is 2. The molecule has 1 saturated carbocycles. The van der Waals surface area contributed by atoms with E-state index in [0.717, 1.165) is 18.6 Å². The smallest absolute Gasteiger partial charge is 0.416 e. The highest BCUT2D eigenvalue weighted by Crippen LogP contribution is 2.58. The summed E-state index contributed by atoms with van der Waals surface area (Å²) in [5, 5.41) is 27.8. The van der Waals surface area contributed by atoms with E-state index >= 15 is 0 Å². The minimum atomic E-state index is -4.70. The fourth-order valence-corrected chi connectivity index (χ4v) is 7.47. The van der Waals surface area contributed by atoms with Gasteiger partial charge < -0.3 is 25.6 Å². The van der Waals surface area contributed by atoms with Crippen LogP contribution in [-0.4, -0.2) is 72.1 Å². The molecule has 2 fully saturated rings. The lowest BCUT2D eigenvalue weighted by atomic mass is 9.50. The van der Waals surface area contributed by atoms with Crippen molar-refractivity contribution in [2.75, 3.05) is 20.8 Å². The zero-order chi connectivity index (χ0) is 33.7. The first kappa shape index (κ1) is 33.9. The average Bonchev–Trinajstić information content (AvgIpc) is 3.39. The molecule has 0 unspecified atom stereocenters. The van der Waals surface area contributed by atoms with Crippen LogP contribution in [0.2, 0.25) is 0 Å². The molecule has 4 N–H and O–H groups in total. The number of carbonyl (C=O) groups excluding carboxylic acids is 2. The minimum Gasteiger partial charge on any atom is -0.496 e. The van der Waals surface area contributed by atoms with Crippen LogP contribution in [0, 0.1) is 23.2 Å².